The van der Waals surface area contributed by atoms with Crippen molar-refractivity contribution in [3.63, 3.8) is 0 Å². The molecule has 1 aromatic carbocycles. The van der Waals surface area contributed by atoms with E-state index in [4.69, 9.17) is 5.84 Å². The maximum absolute atomic E-state index is 5.32. The molecule has 0 atom stereocenters. The first-order valence-electron chi connectivity index (χ1n) is 6.66. The van der Waals surface area contributed by atoms with Gasteiger partial charge in [-0.2, -0.15) is 0 Å². The minimum atomic E-state index is 0.669. The third-order valence-electron chi connectivity index (χ3n) is 3.44. The fraction of sp³-hybridized carbons (Fsp3) is 0.385. The number of anilines is 2. The lowest BCUT2D eigenvalue weighted by Crippen LogP contribution is -2.45. The van der Waals surface area contributed by atoms with Gasteiger partial charge in [-0.1, -0.05) is 29.5 Å². The average molecular weight is 290 g/mol. The molecular weight excluding hydrogens is 272 g/mol. The monoisotopic (exact) mass is 290 g/mol. The van der Waals surface area contributed by atoms with Crippen molar-refractivity contribution < 1.29 is 0 Å². The highest BCUT2D eigenvalue weighted by Crippen LogP contribution is 2.19. The predicted molar refractivity (Wildman–Crippen MR) is 81.7 cm³/mol. The molecule has 20 heavy (non-hydrogen) atoms. The zero-order chi connectivity index (χ0) is 13.8. The van der Waals surface area contributed by atoms with Crippen LogP contribution in [0, 0.1) is 0 Å². The second-order valence-electron chi connectivity index (χ2n) is 4.74. The van der Waals surface area contributed by atoms with E-state index in [0.717, 1.165) is 37.7 Å². The van der Waals surface area contributed by atoms with E-state index in [0.29, 0.717) is 5.13 Å². The van der Waals surface area contributed by atoms with E-state index in [1.54, 1.807) is 0 Å². The highest BCUT2D eigenvalue weighted by atomic mass is 32.1. The molecule has 1 fully saturated rings. The van der Waals surface area contributed by atoms with E-state index >= 15 is 0 Å². The van der Waals surface area contributed by atoms with Crippen LogP contribution >= 0.6 is 11.3 Å². The van der Waals surface area contributed by atoms with Crippen molar-refractivity contribution in [2.24, 2.45) is 5.84 Å². The van der Waals surface area contributed by atoms with Gasteiger partial charge in [-0.25, -0.2) is 5.84 Å². The predicted octanol–water partition coefficient (Wildman–Crippen LogP) is 1.15. The van der Waals surface area contributed by atoms with Gasteiger partial charge in [0.15, 0.2) is 0 Å². The Hall–Kier alpha value is -1.70. The summed E-state index contributed by atoms with van der Waals surface area (Å²) in [7, 11) is 0. The molecule has 0 aliphatic carbocycles. The molecule has 3 N–H and O–H groups in total. The Morgan fingerprint density at radius 1 is 1.10 bits per heavy atom. The molecule has 1 aromatic heterocycles. The molecule has 2 aromatic rings. The van der Waals surface area contributed by atoms with Crippen LogP contribution in [0.3, 0.4) is 0 Å². The SMILES string of the molecule is NNc1nnc(CN2CCN(c3ccccc3)CC2)s1. The maximum atomic E-state index is 5.32. The highest BCUT2D eigenvalue weighted by molar-refractivity contribution is 7.15. The van der Waals surface area contributed by atoms with Crippen molar-refractivity contribution in [3.8, 4) is 0 Å². The number of para-hydroxylation sites is 1. The largest absolute Gasteiger partial charge is 0.369 e. The van der Waals surface area contributed by atoms with Crippen molar-refractivity contribution in [2.75, 3.05) is 36.5 Å². The molecule has 0 unspecified atom stereocenters. The quantitative estimate of drug-likeness (QED) is 0.650. The summed E-state index contributed by atoms with van der Waals surface area (Å²) in [4.78, 5) is 4.82. The van der Waals surface area contributed by atoms with Crippen LogP contribution in [0.25, 0.3) is 0 Å². The average Bonchev–Trinajstić information content (AvgIpc) is 2.97. The minimum absolute atomic E-state index is 0.669. The summed E-state index contributed by atoms with van der Waals surface area (Å²) in [6.45, 7) is 5.03. The topological polar surface area (TPSA) is 70.3 Å². The van der Waals surface area contributed by atoms with Gasteiger partial charge in [-0.3, -0.25) is 10.3 Å². The second kappa shape index (κ2) is 6.17. The first kappa shape index (κ1) is 13.3. The molecule has 0 spiro atoms. The van der Waals surface area contributed by atoms with Crippen molar-refractivity contribution >= 4 is 22.2 Å². The van der Waals surface area contributed by atoms with E-state index in [1.807, 2.05) is 0 Å². The molecule has 6 nitrogen and oxygen atoms in total. The first-order chi connectivity index (χ1) is 9.85. The van der Waals surface area contributed by atoms with E-state index in [1.165, 1.54) is 17.0 Å². The second-order valence-corrected chi connectivity index (χ2v) is 5.81. The summed E-state index contributed by atoms with van der Waals surface area (Å²) in [6.07, 6.45) is 0. The lowest BCUT2D eigenvalue weighted by Gasteiger charge is -2.35. The normalized spacial score (nSPS) is 16.4. The Kier molecular flexibility index (Phi) is 4.10. The number of benzene rings is 1. The third kappa shape index (κ3) is 3.06. The number of hydrogen-bond donors (Lipinski definition) is 2. The Bertz CT molecular complexity index is 535. The lowest BCUT2D eigenvalue weighted by atomic mass is 10.2. The number of rotatable bonds is 4. The zero-order valence-electron chi connectivity index (χ0n) is 11.2. The van der Waals surface area contributed by atoms with Gasteiger partial charge < -0.3 is 4.90 Å². The number of hydrazine groups is 1. The molecule has 0 amide bonds. The summed E-state index contributed by atoms with van der Waals surface area (Å²) in [6, 6.07) is 10.6. The van der Waals surface area contributed by atoms with Crippen LogP contribution in [0.1, 0.15) is 5.01 Å². The first-order valence-corrected chi connectivity index (χ1v) is 7.48. The molecule has 7 heteroatoms. The highest BCUT2D eigenvalue weighted by Gasteiger charge is 2.18. The lowest BCUT2D eigenvalue weighted by molar-refractivity contribution is 0.249. The Balaban J connectivity index is 1.53. The number of nitrogens with two attached hydrogens (primary N) is 1. The molecule has 0 bridgehead atoms. The standard InChI is InChI=1S/C13H18N6S/c14-15-13-17-16-12(20-13)10-18-6-8-19(9-7-18)11-4-2-1-3-5-11/h1-5H,6-10,14H2,(H,15,17). The molecular formula is C13H18N6S. The van der Waals surface area contributed by atoms with Gasteiger partial charge in [-0.05, 0) is 12.1 Å². The molecule has 0 radical (unpaired) electrons. The van der Waals surface area contributed by atoms with E-state index < -0.39 is 0 Å². The number of nitrogens with one attached hydrogen (secondary N) is 1. The Morgan fingerprint density at radius 2 is 1.85 bits per heavy atom. The van der Waals surface area contributed by atoms with Gasteiger partial charge in [0.2, 0.25) is 5.13 Å². The van der Waals surface area contributed by atoms with Crippen LogP contribution in [-0.2, 0) is 6.54 Å². The van der Waals surface area contributed by atoms with Crippen LogP contribution in [0.15, 0.2) is 30.3 Å². The van der Waals surface area contributed by atoms with Crippen molar-refractivity contribution in [2.45, 2.75) is 6.54 Å². The Morgan fingerprint density at radius 3 is 2.50 bits per heavy atom. The van der Waals surface area contributed by atoms with Gasteiger partial charge in [0.05, 0.1) is 6.54 Å². The van der Waals surface area contributed by atoms with Gasteiger partial charge in [-0.15, -0.1) is 10.2 Å². The third-order valence-corrected chi connectivity index (χ3v) is 4.28. The molecule has 1 aliphatic rings. The van der Waals surface area contributed by atoms with Crippen LogP contribution in [-0.4, -0.2) is 41.3 Å². The molecule has 1 aliphatic heterocycles. The van der Waals surface area contributed by atoms with Crippen LogP contribution < -0.4 is 16.2 Å². The van der Waals surface area contributed by atoms with Gasteiger partial charge in [0.1, 0.15) is 5.01 Å². The fourth-order valence-corrected chi connectivity index (χ4v) is 3.06. The number of nitrogens with zero attached hydrogens (tertiary/aromatic N) is 4. The number of hydrogen-bond acceptors (Lipinski definition) is 7. The number of aromatic nitrogens is 2. The van der Waals surface area contributed by atoms with E-state index in [9.17, 15) is 0 Å². The maximum Gasteiger partial charge on any atom is 0.219 e. The number of piperazine rings is 1. The minimum Gasteiger partial charge on any atom is -0.369 e. The number of nitrogen functional groups attached to an aromatic ring is 1. The van der Waals surface area contributed by atoms with Crippen molar-refractivity contribution in [1.82, 2.24) is 15.1 Å². The van der Waals surface area contributed by atoms with Crippen molar-refractivity contribution in [3.05, 3.63) is 35.3 Å². The summed E-state index contributed by atoms with van der Waals surface area (Å²) < 4.78 is 0. The van der Waals surface area contributed by atoms with Crippen LogP contribution in [0.2, 0.25) is 0 Å². The van der Waals surface area contributed by atoms with Gasteiger partial charge >= 0.3 is 0 Å². The van der Waals surface area contributed by atoms with Gasteiger partial charge in [0, 0.05) is 31.9 Å². The molecule has 2 heterocycles. The fourth-order valence-electron chi connectivity index (χ4n) is 2.37. The molecule has 3 rings (SSSR count). The van der Waals surface area contributed by atoms with Crippen molar-refractivity contribution in [1.29, 1.82) is 0 Å². The van der Waals surface area contributed by atoms with E-state index in [-0.39, 0.29) is 0 Å². The summed E-state index contributed by atoms with van der Waals surface area (Å²) in [5, 5.41) is 9.76. The van der Waals surface area contributed by atoms with E-state index in [2.05, 4.69) is 55.8 Å². The molecule has 1 saturated heterocycles. The molecule has 106 valence electrons. The zero-order valence-corrected chi connectivity index (χ0v) is 12.0. The Labute approximate surface area is 122 Å². The molecule has 0 saturated carbocycles. The van der Waals surface area contributed by atoms with Gasteiger partial charge in [0.25, 0.3) is 0 Å². The van der Waals surface area contributed by atoms with Crippen LogP contribution in [0.5, 0.6) is 0 Å². The van der Waals surface area contributed by atoms with Crippen LogP contribution in [0.4, 0.5) is 10.8 Å². The summed E-state index contributed by atoms with van der Waals surface area (Å²) >= 11 is 1.51. The summed E-state index contributed by atoms with van der Waals surface area (Å²) in [5.41, 5.74) is 3.83. The smallest absolute Gasteiger partial charge is 0.219 e. The summed E-state index contributed by atoms with van der Waals surface area (Å²) in [5.74, 6) is 5.32.